The molecule has 0 aromatic rings. The molecule has 0 spiro atoms. The van der Waals surface area contributed by atoms with E-state index in [1.165, 1.54) is 89.9 Å². The van der Waals surface area contributed by atoms with Gasteiger partial charge in [-0.15, -0.1) is 0 Å². The van der Waals surface area contributed by atoms with Crippen molar-refractivity contribution in [3.63, 3.8) is 0 Å². The first-order chi connectivity index (χ1) is 25.6. The van der Waals surface area contributed by atoms with Crippen molar-refractivity contribution >= 4 is 34.1 Å². The number of hydrogen-bond donors (Lipinski definition) is 0. The molecule has 308 valence electrons. The molecular weight excluding hydrogens is 925 g/mol. The van der Waals surface area contributed by atoms with Gasteiger partial charge in [0, 0.05) is 0 Å². The van der Waals surface area contributed by atoms with Gasteiger partial charge in [0.2, 0.25) is 0 Å². The summed E-state index contributed by atoms with van der Waals surface area (Å²) in [5.41, 5.74) is 0. The first-order valence-electron chi connectivity index (χ1n) is 20.6. The summed E-state index contributed by atoms with van der Waals surface area (Å²) >= 11 is -1.65. The molecule has 8 rings (SSSR count). The number of allylic oxidation sites excluding steroid dienone is 18. The van der Waals surface area contributed by atoms with E-state index in [2.05, 4.69) is 109 Å². The van der Waals surface area contributed by atoms with Gasteiger partial charge in [0.15, 0.2) is 0 Å². The molecule has 4 saturated carbocycles. The van der Waals surface area contributed by atoms with Crippen LogP contribution in [0.2, 0.25) is 0 Å². The Morgan fingerprint density at radius 3 is 0.964 bits per heavy atom. The standard InChI is InChI=1S/C46H60.4CH3.4ClH.2Zr/c1(3-15-37-31-39(45-21-11-9-19-43(37)45)29-27-35-25-23-33-13-5-7-17-41(33)35)2-4-16-38-32-40(46-22-12-10-20-44(38)46)30-28-36-26-24-34-14-6-8-18-42(34)36;;;;;;;;;;/h1-2,5-14,17-22,33-46H,3-4,15-16,23-32H2;4*1H3;4*1H;;/q;4*-1;;;;;2*+4/p-4/b2-1+;;;;;;;;;;. The van der Waals surface area contributed by atoms with Gasteiger partial charge in [-0.05, 0) is 173 Å². The van der Waals surface area contributed by atoms with Crippen LogP contribution < -0.4 is 0 Å². The Labute approximate surface area is 383 Å². The monoisotopic (exact) mass is 992 g/mol. The molecular formula is C50H72Cl4Zr2. The van der Waals surface area contributed by atoms with Crippen molar-refractivity contribution in [3.8, 4) is 0 Å². The van der Waals surface area contributed by atoms with Crippen LogP contribution in [0.15, 0.2) is 109 Å². The van der Waals surface area contributed by atoms with Gasteiger partial charge in [-0.25, -0.2) is 0 Å². The third kappa shape index (κ3) is 14.1. The minimum atomic E-state index is -0.826. The van der Waals surface area contributed by atoms with Crippen LogP contribution in [-0.2, 0) is 41.7 Å². The Balaban J connectivity index is 0.00000102. The topological polar surface area (TPSA) is 0 Å². The van der Waals surface area contributed by atoms with Gasteiger partial charge in [-0.2, -0.15) is 0 Å². The summed E-state index contributed by atoms with van der Waals surface area (Å²) in [6, 6.07) is 0. The second-order valence-corrected chi connectivity index (χ2v) is 24.4. The molecule has 0 nitrogen and oxygen atoms in total. The Morgan fingerprint density at radius 2 is 0.625 bits per heavy atom. The van der Waals surface area contributed by atoms with Crippen molar-refractivity contribution in [2.24, 2.45) is 82.9 Å². The normalized spacial score (nSPS) is 36.8. The second-order valence-electron chi connectivity index (χ2n) is 17.0. The summed E-state index contributed by atoms with van der Waals surface area (Å²) in [7, 11) is 19.7. The van der Waals surface area contributed by atoms with Gasteiger partial charge in [0.05, 0.1) is 0 Å². The van der Waals surface area contributed by atoms with Crippen LogP contribution in [-0.4, -0.2) is 0 Å². The van der Waals surface area contributed by atoms with E-state index in [0.29, 0.717) is 0 Å². The van der Waals surface area contributed by atoms with Crippen LogP contribution in [0.25, 0.3) is 0 Å². The van der Waals surface area contributed by atoms with Crippen LogP contribution in [0.3, 0.4) is 0 Å². The zero-order valence-corrected chi connectivity index (χ0v) is 42.8. The molecule has 0 bridgehead atoms. The summed E-state index contributed by atoms with van der Waals surface area (Å²) in [5.74, 6) is 11.9. The Hall–Kier alpha value is 0.586. The van der Waals surface area contributed by atoms with Crippen molar-refractivity contribution in [1.29, 1.82) is 0 Å². The van der Waals surface area contributed by atoms with Gasteiger partial charge in [0.1, 0.15) is 0 Å². The first kappa shape index (κ1) is 52.7. The number of rotatable bonds is 12. The molecule has 0 N–H and O–H groups in total. The quantitative estimate of drug-likeness (QED) is 0.135. The molecule has 0 amide bonds. The van der Waals surface area contributed by atoms with Gasteiger partial charge in [-0.3, -0.25) is 0 Å². The maximum absolute atomic E-state index is 4.93. The third-order valence-electron chi connectivity index (χ3n) is 14.6. The zero-order valence-electron chi connectivity index (χ0n) is 34.9. The molecule has 0 aromatic carbocycles. The van der Waals surface area contributed by atoms with E-state index in [9.17, 15) is 0 Å². The van der Waals surface area contributed by atoms with Crippen LogP contribution in [0, 0.1) is 113 Å². The fourth-order valence-corrected chi connectivity index (χ4v) is 12.3. The molecule has 0 saturated heterocycles. The summed E-state index contributed by atoms with van der Waals surface area (Å²) in [5, 5.41) is 0. The zero-order chi connectivity index (χ0) is 36.1. The van der Waals surface area contributed by atoms with Crippen molar-refractivity contribution in [3.05, 3.63) is 139 Å². The van der Waals surface area contributed by atoms with Crippen LogP contribution in [0.5, 0.6) is 0 Å². The van der Waals surface area contributed by atoms with E-state index in [-0.39, 0.29) is 29.7 Å². The number of hydrogen-bond acceptors (Lipinski definition) is 0. The van der Waals surface area contributed by atoms with E-state index in [1.54, 1.807) is 0 Å². The molecule has 6 heteroatoms. The first-order valence-corrected chi connectivity index (χ1v) is 33.3. The van der Waals surface area contributed by atoms with Crippen molar-refractivity contribution < 1.29 is 41.7 Å². The molecule has 0 aromatic heterocycles. The van der Waals surface area contributed by atoms with Gasteiger partial charge in [-0.1, -0.05) is 109 Å². The molecule has 8 aliphatic rings. The van der Waals surface area contributed by atoms with Crippen molar-refractivity contribution in [1.82, 2.24) is 0 Å². The molecule has 4 fully saturated rings. The molecule has 0 aliphatic heterocycles. The molecule has 8 aliphatic carbocycles. The predicted octanol–water partition coefficient (Wildman–Crippen LogP) is 16.7. The van der Waals surface area contributed by atoms with Crippen LogP contribution in [0.1, 0.15) is 89.9 Å². The third-order valence-corrected chi connectivity index (χ3v) is 14.6. The van der Waals surface area contributed by atoms with E-state index >= 15 is 0 Å². The number of fused-ring (bicyclic) bond motifs is 4. The van der Waals surface area contributed by atoms with E-state index in [1.807, 2.05) is 0 Å². The van der Waals surface area contributed by atoms with Gasteiger partial charge in [0.25, 0.3) is 0 Å². The average molecular weight is 997 g/mol. The molecule has 0 radical (unpaired) electrons. The fraction of sp³-hybridized carbons (Fsp3) is 0.560. The molecule has 0 heterocycles. The molecule has 14 atom stereocenters. The van der Waals surface area contributed by atoms with Gasteiger partial charge >= 0.3 is 75.7 Å². The average Bonchev–Trinajstić information content (AvgIpc) is 3.96. The second kappa shape index (κ2) is 28.2. The van der Waals surface area contributed by atoms with E-state index < -0.39 is 41.7 Å². The number of halogens is 4. The summed E-state index contributed by atoms with van der Waals surface area (Å²) in [6.45, 7) is 0. The minimum absolute atomic E-state index is 0. The van der Waals surface area contributed by atoms with Gasteiger partial charge < -0.3 is 29.7 Å². The van der Waals surface area contributed by atoms with Crippen molar-refractivity contribution in [2.75, 3.05) is 0 Å². The Morgan fingerprint density at radius 1 is 0.357 bits per heavy atom. The summed E-state index contributed by atoms with van der Waals surface area (Å²) < 4.78 is 0. The SMILES string of the molecule is C1=CC2CCC(CCC3CC(CC/C=C/CCC4CC(CCC5CCC6C=CC=CC65)C5C=CC=CC45)C4C=CC=CC34)C2C=C1.[CH3-].[CH3-].[CH3-].[CH3-].[Cl][Zr+2][Cl].[Cl][Zr+2][Cl]. The van der Waals surface area contributed by atoms with E-state index in [4.69, 9.17) is 34.1 Å². The maximum atomic E-state index is 4.93. The van der Waals surface area contributed by atoms with Crippen molar-refractivity contribution in [2.45, 2.75) is 89.9 Å². The summed E-state index contributed by atoms with van der Waals surface area (Å²) in [6.07, 6.45) is 63.8. The van der Waals surface area contributed by atoms with E-state index in [0.717, 1.165) is 82.9 Å². The fourth-order valence-electron chi connectivity index (χ4n) is 12.3. The molecule has 14 unspecified atom stereocenters. The predicted molar refractivity (Wildman–Crippen MR) is 245 cm³/mol. The Kier molecular flexibility index (Phi) is 26.6. The Bertz CT molecular complexity index is 1270. The van der Waals surface area contributed by atoms with Crippen LogP contribution >= 0.6 is 34.1 Å². The molecule has 56 heavy (non-hydrogen) atoms. The van der Waals surface area contributed by atoms with Crippen LogP contribution in [0.4, 0.5) is 0 Å². The summed E-state index contributed by atoms with van der Waals surface area (Å²) in [4.78, 5) is 0.